The predicted octanol–water partition coefficient (Wildman–Crippen LogP) is 0.819. The molecule has 0 aliphatic rings. The van der Waals surface area contributed by atoms with E-state index in [1.165, 1.54) is 0 Å². The van der Waals surface area contributed by atoms with Crippen LogP contribution in [0.2, 0.25) is 0 Å². The van der Waals surface area contributed by atoms with Gasteiger partial charge in [0.15, 0.2) is 0 Å². The number of aliphatic carboxylic acids is 1. The van der Waals surface area contributed by atoms with E-state index in [4.69, 9.17) is 5.73 Å². The van der Waals surface area contributed by atoms with Gasteiger partial charge >= 0.3 is 5.97 Å². The second kappa shape index (κ2) is 13.5. The van der Waals surface area contributed by atoms with Crippen LogP contribution >= 0.6 is 0 Å². The van der Waals surface area contributed by atoms with Crippen LogP contribution in [0.3, 0.4) is 0 Å². The molecule has 4 atom stereocenters. The van der Waals surface area contributed by atoms with E-state index in [0.717, 1.165) is 5.56 Å². The van der Waals surface area contributed by atoms with Gasteiger partial charge in [0, 0.05) is 0 Å². The number of carbonyl (C=O) groups is 4. The van der Waals surface area contributed by atoms with Gasteiger partial charge in [-0.05, 0) is 30.2 Å². The number of rotatable bonds is 13. The first-order chi connectivity index (χ1) is 15.0. The number of benzene rings is 1. The minimum Gasteiger partial charge on any atom is -0.480 e. The first-order valence-corrected chi connectivity index (χ1v) is 10.9. The summed E-state index contributed by atoms with van der Waals surface area (Å²) in [6, 6.07) is 6.51. The van der Waals surface area contributed by atoms with E-state index < -0.39 is 41.8 Å². The van der Waals surface area contributed by atoms with Crippen molar-refractivity contribution in [3.05, 3.63) is 35.9 Å². The Morgan fingerprint density at radius 1 is 1.00 bits per heavy atom. The maximum atomic E-state index is 12.7. The molecular weight excluding hydrogens is 412 g/mol. The summed E-state index contributed by atoms with van der Waals surface area (Å²) in [4.78, 5) is 48.8. The second-order valence-corrected chi connectivity index (χ2v) is 8.47. The van der Waals surface area contributed by atoms with Gasteiger partial charge in [-0.2, -0.15) is 0 Å². The number of carboxylic acids is 1. The normalized spacial score (nSPS) is 14.7. The first-order valence-electron chi connectivity index (χ1n) is 10.9. The van der Waals surface area contributed by atoms with E-state index in [9.17, 15) is 24.3 Å². The third-order valence-corrected chi connectivity index (χ3v) is 5.19. The Kier molecular flexibility index (Phi) is 11.4. The minimum atomic E-state index is -1.12. The lowest BCUT2D eigenvalue weighted by Crippen LogP contribution is -2.56. The van der Waals surface area contributed by atoms with Crippen LogP contribution in [0.4, 0.5) is 0 Å². The quantitative estimate of drug-likeness (QED) is 0.301. The van der Waals surface area contributed by atoms with Gasteiger partial charge in [-0.15, -0.1) is 0 Å². The first kappa shape index (κ1) is 27.1. The number of amides is 3. The van der Waals surface area contributed by atoms with Gasteiger partial charge in [0.25, 0.3) is 0 Å². The van der Waals surface area contributed by atoms with Crippen LogP contribution in [-0.2, 0) is 25.6 Å². The van der Waals surface area contributed by atoms with Gasteiger partial charge in [-0.3, -0.25) is 14.4 Å². The van der Waals surface area contributed by atoms with E-state index in [1.807, 2.05) is 51.1 Å². The molecule has 0 fully saturated rings. The monoisotopic (exact) mass is 448 g/mol. The molecule has 0 spiro atoms. The lowest BCUT2D eigenvalue weighted by atomic mass is 9.97. The van der Waals surface area contributed by atoms with E-state index in [0.29, 0.717) is 12.8 Å². The molecule has 0 bridgehead atoms. The average Bonchev–Trinajstić information content (AvgIpc) is 2.74. The van der Waals surface area contributed by atoms with Crippen molar-refractivity contribution in [2.75, 3.05) is 6.54 Å². The molecule has 3 amide bonds. The lowest BCUT2D eigenvalue weighted by Gasteiger charge is -2.26. The summed E-state index contributed by atoms with van der Waals surface area (Å²) in [6.45, 7) is 7.04. The molecule has 0 saturated carbocycles. The van der Waals surface area contributed by atoms with Gasteiger partial charge in [-0.25, -0.2) is 4.79 Å². The van der Waals surface area contributed by atoms with Crippen molar-refractivity contribution >= 4 is 23.7 Å². The molecule has 4 unspecified atom stereocenters. The van der Waals surface area contributed by atoms with E-state index >= 15 is 0 Å². The predicted molar refractivity (Wildman–Crippen MR) is 122 cm³/mol. The van der Waals surface area contributed by atoms with Crippen molar-refractivity contribution in [2.24, 2.45) is 17.6 Å². The zero-order chi connectivity index (χ0) is 24.3. The Morgan fingerprint density at radius 2 is 1.62 bits per heavy atom. The molecule has 1 aromatic rings. The smallest absolute Gasteiger partial charge is 0.326 e. The summed E-state index contributed by atoms with van der Waals surface area (Å²) in [5.41, 5.74) is 6.82. The molecule has 0 saturated heterocycles. The van der Waals surface area contributed by atoms with Crippen molar-refractivity contribution in [3.8, 4) is 0 Å². The van der Waals surface area contributed by atoms with Crippen molar-refractivity contribution in [2.45, 2.75) is 65.1 Å². The Labute approximate surface area is 189 Å². The van der Waals surface area contributed by atoms with Crippen molar-refractivity contribution in [3.63, 3.8) is 0 Å². The fourth-order valence-electron chi connectivity index (χ4n) is 3.14. The van der Waals surface area contributed by atoms with Crippen molar-refractivity contribution < 1.29 is 24.3 Å². The lowest BCUT2D eigenvalue weighted by molar-refractivity contribution is -0.143. The Bertz CT molecular complexity index is 769. The molecule has 1 rings (SSSR count). The number of nitrogens with two attached hydrogens (primary N) is 1. The summed E-state index contributed by atoms with van der Waals surface area (Å²) in [5, 5.41) is 17.0. The van der Waals surface area contributed by atoms with Gasteiger partial charge in [0.05, 0.1) is 12.6 Å². The summed E-state index contributed by atoms with van der Waals surface area (Å²) in [6.07, 6.45) is 1.20. The molecule has 0 radical (unpaired) electrons. The van der Waals surface area contributed by atoms with E-state index in [2.05, 4.69) is 16.0 Å². The highest BCUT2D eigenvalue weighted by atomic mass is 16.4. The molecule has 6 N–H and O–H groups in total. The summed E-state index contributed by atoms with van der Waals surface area (Å²) >= 11 is 0. The van der Waals surface area contributed by atoms with Gasteiger partial charge in [0.1, 0.15) is 12.1 Å². The van der Waals surface area contributed by atoms with Crippen molar-refractivity contribution in [1.29, 1.82) is 0 Å². The number of hydrogen-bond donors (Lipinski definition) is 5. The molecule has 0 aliphatic heterocycles. The molecule has 178 valence electrons. The number of carbonyl (C=O) groups excluding carboxylic acids is 3. The second-order valence-electron chi connectivity index (χ2n) is 8.47. The minimum absolute atomic E-state index is 0.0725. The van der Waals surface area contributed by atoms with Crippen LogP contribution in [0.1, 0.15) is 46.1 Å². The third-order valence-electron chi connectivity index (χ3n) is 5.19. The highest BCUT2D eigenvalue weighted by molar-refractivity contribution is 5.92. The Hall–Kier alpha value is -2.94. The number of nitrogens with one attached hydrogen (secondary N) is 3. The van der Waals surface area contributed by atoms with Crippen LogP contribution < -0.4 is 21.7 Å². The number of hydrogen-bond acceptors (Lipinski definition) is 5. The summed E-state index contributed by atoms with van der Waals surface area (Å²) in [5.74, 6) is -2.88. The molecule has 0 aromatic heterocycles. The van der Waals surface area contributed by atoms with Crippen LogP contribution in [0.15, 0.2) is 30.3 Å². The average molecular weight is 449 g/mol. The largest absolute Gasteiger partial charge is 0.480 e. The van der Waals surface area contributed by atoms with E-state index in [1.54, 1.807) is 6.92 Å². The maximum Gasteiger partial charge on any atom is 0.326 e. The Morgan fingerprint density at radius 3 is 2.16 bits per heavy atom. The van der Waals surface area contributed by atoms with Gasteiger partial charge in [0.2, 0.25) is 17.7 Å². The fourth-order valence-corrected chi connectivity index (χ4v) is 3.14. The van der Waals surface area contributed by atoms with Crippen LogP contribution in [-0.4, -0.2) is 53.5 Å². The zero-order valence-corrected chi connectivity index (χ0v) is 19.3. The topological polar surface area (TPSA) is 151 Å². The molecular formula is C23H36N4O5. The van der Waals surface area contributed by atoms with Gasteiger partial charge < -0.3 is 26.8 Å². The molecule has 9 heteroatoms. The summed E-state index contributed by atoms with van der Waals surface area (Å²) < 4.78 is 0. The van der Waals surface area contributed by atoms with Gasteiger partial charge in [-0.1, -0.05) is 64.4 Å². The molecule has 0 aliphatic carbocycles. The maximum absolute atomic E-state index is 12.7. The highest BCUT2D eigenvalue weighted by Crippen LogP contribution is 2.10. The standard InChI is InChI=1S/C23H36N4O5/c1-5-15(4)20(22(30)26-18(23(31)32)11-14(2)3)27-19(28)13-25-21(29)17(24)12-16-9-7-6-8-10-16/h6-10,14-15,17-18,20H,5,11-13,24H2,1-4H3,(H,25,29)(H,26,30)(H,27,28)(H,31,32). The van der Waals surface area contributed by atoms with E-state index in [-0.39, 0.29) is 24.8 Å². The SMILES string of the molecule is CCC(C)C(NC(=O)CNC(=O)C(N)Cc1ccccc1)C(=O)NC(CC(C)C)C(=O)O. The molecule has 0 heterocycles. The van der Waals surface area contributed by atoms with Crippen LogP contribution in [0.25, 0.3) is 0 Å². The summed E-state index contributed by atoms with van der Waals surface area (Å²) in [7, 11) is 0. The van der Waals surface area contributed by atoms with Crippen LogP contribution in [0, 0.1) is 11.8 Å². The molecule has 32 heavy (non-hydrogen) atoms. The highest BCUT2D eigenvalue weighted by Gasteiger charge is 2.30. The molecule has 1 aromatic carbocycles. The van der Waals surface area contributed by atoms with Crippen LogP contribution in [0.5, 0.6) is 0 Å². The Balaban J connectivity index is 2.66. The molecule has 9 nitrogen and oxygen atoms in total. The van der Waals surface area contributed by atoms with Crippen molar-refractivity contribution in [1.82, 2.24) is 16.0 Å². The zero-order valence-electron chi connectivity index (χ0n) is 19.3. The third kappa shape index (κ3) is 9.47. The number of carboxylic acid groups (broad SMARTS) is 1. The fraction of sp³-hybridized carbons (Fsp3) is 0.565.